The predicted octanol–water partition coefficient (Wildman–Crippen LogP) is -2.62. The summed E-state index contributed by atoms with van der Waals surface area (Å²) >= 11 is 0. The Morgan fingerprint density at radius 3 is 1.50 bits per heavy atom. The third-order valence-corrected chi connectivity index (χ3v) is 1.50. The van der Waals surface area contributed by atoms with Crippen molar-refractivity contribution in [1.29, 1.82) is 0 Å². The second-order valence-electron chi connectivity index (χ2n) is 2.47. The summed E-state index contributed by atoms with van der Waals surface area (Å²) in [4.78, 5) is 24.3. The van der Waals surface area contributed by atoms with Gasteiger partial charge in [0.25, 0.3) is 0 Å². The molecule has 0 rings (SSSR count). The molecule has 0 aromatic rings. The second-order valence-corrected chi connectivity index (χ2v) is 2.47. The standard InChI is InChI=1S/C8H12N2O2/c11-7-9-5-3-1-2-4-6-10-8-12/h1-6H2/p+2. The lowest BCUT2D eigenvalue weighted by atomic mass is 10.2. The number of unbranched alkanes of at least 4 members (excludes halogenated alkanes) is 3. The van der Waals surface area contributed by atoms with E-state index in [1.54, 1.807) is 12.2 Å². The van der Waals surface area contributed by atoms with Gasteiger partial charge in [-0.05, 0) is 12.8 Å². The van der Waals surface area contributed by atoms with Crippen LogP contribution in [0.2, 0.25) is 0 Å². The van der Waals surface area contributed by atoms with Gasteiger partial charge < -0.3 is 0 Å². The van der Waals surface area contributed by atoms with E-state index in [4.69, 9.17) is 0 Å². The van der Waals surface area contributed by atoms with Crippen molar-refractivity contribution in [3.05, 3.63) is 0 Å². The monoisotopic (exact) mass is 170 g/mol. The zero-order chi connectivity index (χ0) is 9.07. The molecule has 0 bridgehead atoms. The van der Waals surface area contributed by atoms with Crippen LogP contribution in [0.1, 0.15) is 25.7 Å². The summed E-state index contributed by atoms with van der Waals surface area (Å²) in [6.07, 6.45) is 7.30. The molecule has 0 aromatic heterocycles. The van der Waals surface area contributed by atoms with Crippen molar-refractivity contribution in [3.63, 3.8) is 0 Å². The number of carbonyl (C=O) groups excluding carboxylic acids is 2. The molecule has 0 amide bonds. The molecule has 0 radical (unpaired) electrons. The van der Waals surface area contributed by atoms with E-state index >= 15 is 0 Å². The lowest BCUT2D eigenvalue weighted by molar-refractivity contribution is -0.457. The van der Waals surface area contributed by atoms with Gasteiger partial charge in [0.05, 0.1) is 0 Å². The molecule has 0 saturated heterocycles. The molecule has 4 nitrogen and oxygen atoms in total. The van der Waals surface area contributed by atoms with Gasteiger partial charge in [0.15, 0.2) is 13.1 Å². The van der Waals surface area contributed by atoms with E-state index in [0.717, 1.165) is 25.7 Å². The zero-order valence-corrected chi connectivity index (χ0v) is 7.06. The van der Waals surface area contributed by atoms with E-state index in [2.05, 4.69) is 9.98 Å². The summed E-state index contributed by atoms with van der Waals surface area (Å²) < 4.78 is 0. The molecule has 0 unspecified atom stereocenters. The van der Waals surface area contributed by atoms with Crippen LogP contribution in [0.4, 0.5) is 0 Å². The molecular weight excluding hydrogens is 156 g/mol. The van der Waals surface area contributed by atoms with Gasteiger partial charge in [-0.15, -0.1) is 0 Å². The van der Waals surface area contributed by atoms with Crippen molar-refractivity contribution in [2.24, 2.45) is 0 Å². The lowest BCUT2D eigenvalue weighted by Gasteiger charge is -1.90. The first kappa shape index (κ1) is 10.8. The molecule has 0 aliphatic heterocycles. The summed E-state index contributed by atoms with van der Waals surface area (Å²) in [5.74, 6) is 0. The summed E-state index contributed by atoms with van der Waals surface area (Å²) in [6, 6.07) is 0. The number of isocyanates is 2. The molecule has 0 fully saturated rings. The summed E-state index contributed by atoms with van der Waals surface area (Å²) in [5.41, 5.74) is 0. The summed E-state index contributed by atoms with van der Waals surface area (Å²) in [6.45, 7) is 1.38. The third-order valence-electron chi connectivity index (χ3n) is 1.50. The summed E-state index contributed by atoms with van der Waals surface area (Å²) in [7, 11) is 0. The van der Waals surface area contributed by atoms with Crippen LogP contribution in [-0.4, -0.2) is 25.2 Å². The first-order valence-electron chi connectivity index (χ1n) is 4.12. The first-order chi connectivity index (χ1) is 5.91. The molecule has 0 spiro atoms. The molecule has 4 heteroatoms. The minimum absolute atomic E-state index is 0.691. The van der Waals surface area contributed by atoms with E-state index in [9.17, 15) is 9.59 Å². The van der Waals surface area contributed by atoms with Crippen LogP contribution in [0.3, 0.4) is 0 Å². The molecule has 66 valence electrons. The Morgan fingerprint density at radius 2 is 1.17 bits per heavy atom. The maximum atomic E-state index is 9.69. The highest BCUT2D eigenvalue weighted by Gasteiger charge is 1.92. The fraction of sp³-hybridized carbons (Fsp3) is 0.750. The molecule has 2 N–H and O–H groups in total. The third kappa shape index (κ3) is 8.76. The van der Waals surface area contributed by atoms with Crippen LogP contribution in [-0.2, 0) is 9.59 Å². The predicted molar refractivity (Wildman–Crippen MR) is 41.5 cm³/mol. The van der Waals surface area contributed by atoms with Crippen LogP contribution in [0.15, 0.2) is 0 Å². The van der Waals surface area contributed by atoms with Crippen LogP contribution >= 0.6 is 0 Å². The molecule has 0 saturated carbocycles. The Labute approximate surface area is 71.4 Å². The highest BCUT2D eigenvalue weighted by molar-refractivity contribution is 5.23. The molecular formula is C8H14N2O2+2. The van der Waals surface area contributed by atoms with Gasteiger partial charge in [0, 0.05) is 12.8 Å². The van der Waals surface area contributed by atoms with E-state index in [-0.39, 0.29) is 0 Å². The van der Waals surface area contributed by atoms with E-state index in [1.165, 1.54) is 0 Å². The Hall–Kier alpha value is -1.24. The maximum absolute atomic E-state index is 9.69. The highest BCUT2D eigenvalue weighted by Crippen LogP contribution is 1.94. The molecule has 0 aromatic carbocycles. The Bertz CT molecular complexity index is 169. The average Bonchev–Trinajstić information content (AvgIpc) is 2.10. The zero-order valence-electron chi connectivity index (χ0n) is 7.06. The topological polar surface area (TPSA) is 62.1 Å². The van der Waals surface area contributed by atoms with Gasteiger partial charge in [-0.1, -0.05) is 0 Å². The van der Waals surface area contributed by atoms with Gasteiger partial charge in [-0.2, -0.15) is 19.6 Å². The summed E-state index contributed by atoms with van der Waals surface area (Å²) in [5, 5.41) is 0. The van der Waals surface area contributed by atoms with Gasteiger partial charge >= 0.3 is 12.2 Å². The number of hydrogen-bond donors (Lipinski definition) is 2. The number of nitrogens with one attached hydrogen (secondary N) is 2. The fourth-order valence-corrected chi connectivity index (χ4v) is 0.882. The lowest BCUT2D eigenvalue weighted by Crippen LogP contribution is -2.67. The van der Waals surface area contributed by atoms with Gasteiger partial charge in [-0.3, -0.25) is 0 Å². The van der Waals surface area contributed by atoms with Crippen molar-refractivity contribution in [3.8, 4) is 0 Å². The Balaban J connectivity index is 3.00. The highest BCUT2D eigenvalue weighted by atomic mass is 16.1. The van der Waals surface area contributed by atoms with Crippen LogP contribution in [0.5, 0.6) is 0 Å². The molecule has 0 atom stereocenters. The smallest absolute Gasteiger partial charge is 0.166 e. The number of hydrogen-bond acceptors (Lipinski definition) is 2. The Kier molecular flexibility index (Phi) is 8.75. The minimum atomic E-state index is 0.691. The van der Waals surface area contributed by atoms with Crippen molar-refractivity contribution in [2.75, 3.05) is 13.1 Å². The van der Waals surface area contributed by atoms with Crippen LogP contribution in [0, 0.1) is 0 Å². The Morgan fingerprint density at radius 1 is 0.750 bits per heavy atom. The van der Waals surface area contributed by atoms with Crippen molar-refractivity contribution < 1.29 is 19.6 Å². The van der Waals surface area contributed by atoms with Crippen molar-refractivity contribution in [1.82, 2.24) is 0 Å². The average molecular weight is 170 g/mol. The van der Waals surface area contributed by atoms with Gasteiger partial charge in [0.1, 0.15) is 0 Å². The normalized spacial score (nSPS) is 8.33. The van der Waals surface area contributed by atoms with Gasteiger partial charge in [-0.25, -0.2) is 0 Å². The number of rotatable bonds is 7. The SMILES string of the molecule is O=C=[NH+]CCCCCC[NH+]=C=O. The van der Waals surface area contributed by atoms with Gasteiger partial charge in [0.2, 0.25) is 0 Å². The van der Waals surface area contributed by atoms with E-state index in [1.807, 2.05) is 0 Å². The van der Waals surface area contributed by atoms with Crippen LogP contribution in [0.25, 0.3) is 0 Å². The van der Waals surface area contributed by atoms with E-state index < -0.39 is 0 Å². The fourth-order valence-electron chi connectivity index (χ4n) is 0.882. The molecule has 12 heavy (non-hydrogen) atoms. The largest absolute Gasteiger partial charge is 0.422 e. The first-order valence-corrected chi connectivity index (χ1v) is 4.12. The maximum Gasteiger partial charge on any atom is 0.422 e. The molecule has 0 aliphatic carbocycles. The van der Waals surface area contributed by atoms with Crippen molar-refractivity contribution in [2.45, 2.75) is 25.7 Å². The minimum Gasteiger partial charge on any atom is -0.166 e. The molecule has 0 aliphatic rings. The second kappa shape index (κ2) is 9.76. The van der Waals surface area contributed by atoms with Crippen molar-refractivity contribution >= 4 is 12.2 Å². The molecule has 0 heterocycles. The van der Waals surface area contributed by atoms with E-state index in [0.29, 0.717) is 13.1 Å². The quantitative estimate of drug-likeness (QED) is 0.250. The van der Waals surface area contributed by atoms with Crippen LogP contribution < -0.4 is 9.98 Å².